The molecule has 0 aliphatic heterocycles. The van der Waals surface area contributed by atoms with Crippen LogP contribution >= 0.6 is 11.6 Å². The van der Waals surface area contributed by atoms with Gasteiger partial charge in [-0.1, -0.05) is 29.8 Å². The van der Waals surface area contributed by atoms with Gasteiger partial charge in [-0.25, -0.2) is 0 Å². The third-order valence-corrected chi connectivity index (χ3v) is 3.33. The largest absolute Gasteiger partial charge is 0.467 e. The van der Waals surface area contributed by atoms with Gasteiger partial charge in [0.05, 0.1) is 19.2 Å². The Morgan fingerprint density at radius 2 is 2.05 bits per heavy atom. The van der Waals surface area contributed by atoms with Gasteiger partial charge in [-0.05, 0) is 23.8 Å². The highest BCUT2D eigenvalue weighted by molar-refractivity contribution is 6.31. The second-order valence-corrected chi connectivity index (χ2v) is 4.94. The molecule has 0 saturated carbocycles. The monoisotopic (exact) mass is 317 g/mol. The van der Waals surface area contributed by atoms with E-state index in [9.17, 15) is 4.79 Å². The Hall–Kier alpha value is -2.60. The third-order valence-electron chi connectivity index (χ3n) is 2.96. The second kappa shape index (κ2) is 6.44. The van der Waals surface area contributed by atoms with Crippen LogP contribution in [0.15, 0.2) is 51.5 Å². The topological polar surface area (TPSA) is 81.2 Å². The van der Waals surface area contributed by atoms with E-state index in [4.69, 9.17) is 20.4 Å². The number of carbonyl (C=O) groups is 1. The molecule has 2 heterocycles. The molecule has 0 aliphatic carbocycles. The molecule has 0 saturated heterocycles. The number of hydrogen-bond donors (Lipinski definition) is 1. The maximum atomic E-state index is 11.9. The Morgan fingerprint density at radius 1 is 1.18 bits per heavy atom. The summed E-state index contributed by atoms with van der Waals surface area (Å²) in [5.41, 5.74) is 0.857. The molecule has 0 radical (unpaired) electrons. The van der Waals surface area contributed by atoms with Crippen molar-refractivity contribution >= 4 is 17.5 Å². The Bertz CT molecular complexity index is 768. The Kier molecular flexibility index (Phi) is 4.20. The smallest absolute Gasteiger partial charge is 0.309 e. The van der Waals surface area contributed by atoms with Crippen molar-refractivity contribution in [2.45, 2.75) is 13.0 Å². The predicted molar refractivity (Wildman–Crippen MR) is 78.4 cm³/mol. The van der Waals surface area contributed by atoms with E-state index in [2.05, 4.69) is 15.5 Å². The number of carbonyl (C=O) groups excluding carboxylic acids is 1. The third kappa shape index (κ3) is 3.35. The molecule has 1 N–H and O–H groups in total. The van der Waals surface area contributed by atoms with E-state index in [0.717, 1.165) is 5.56 Å². The summed E-state index contributed by atoms with van der Waals surface area (Å²) in [6, 6.07) is 10.9. The van der Waals surface area contributed by atoms with Crippen LogP contribution in [0.2, 0.25) is 5.02 Å². The van der Waals surface area contributed by atoms with Gasteiger partial charge in [0.25, 0.3) is 0 Å². The number of rotatable bonds is 5. The van der Waals surface area contributed by atoms with Crippen LogP contribution in [-0.4, -0.2) is 16.1 Å². The van der Waals surface area contributed by atoms with Crippen LogP contribution in [0, 0.1) is 0 Å². The maximum Gasteiger partial charge on any atom is 0.309 e. The fourth-order valence-corrected chi connectivity index (χ4v) is 2.08. The van der Waals surface area contributed by atoms with Gasteiger partial charge in [0.1, 0.15) is 5.76 Å². The number of halogens is 1. The molecule has 0 atom stereocenters. The minimum absolute atomic E-state index is 0.0893. The summed E-state index contributed by atoms with van der Waals surface area (Å²) in [6.45, 7) is 0.258. The number of aromatic nitrogens is 2. The summed E-state index contributed by atoms with van der Waals surface area (Å²) in [5.74, 6) is 0.434. The summed E-state index contributed by atoms with van der Waals surface area (Å²) >= 11 is 6.07. The van der Waals surface area contributed by atoms with Crippen molar-refractivity contribution < 1.29 is 13.6 Å². The average Bonchev–Trinajstić information content (AvgIpc) is 3.19. The molecule has 22 heavy (non-hydrogen) atoms. The second-order valence-electron chi connectivity index (χ2n) is 4.53. The average molecular weight is 318 g/mol. The molecular formula is C15H12ClN3O3. The zero-order valence-corrected chi connectivity index (χ0v) is 12.2. The van der Waals surface area contributed by atoms with E-state index < -0.39 is 5.91 Å². The molecule has 112 valence electrons. The van der Waals surface area contributed by atoms with Crippen LogP contribution in [0.4, 0.5) is 0 Å². The highest BCUT2D eigenvalue weighted by Gasteiger charge is 2.15. The predicted octanol–water partition coefficient (Wildman–Crippen LogP) is 2.84. The summed E-state index contributed by atoms with van der Waals surface area (Å²) in [7, 11) is 0. The van der Waals surface area contributed by atoms with E-state index in [0.29, 0.717) is 23.1 Å². The number of nitrogens with one attached hydrogen (secondary N) is 1. The maximum absolute atomic E-state index is 11.9. The van der Waals surface area contributed by atoms with Crippen molar-refractivity contribution in [2.24, 2.45) is 0 Å². The molecule has 0 fully saturated rings. The van der Waals surface area contributed by atoms with Gasteiger partial charge >= 0.3 is 11.8 Å². The molecule has 7 heteroatoms. The first kappa shape index (κ1) is 14.3. The fraction of sp³-hybridized carbons (Fsp3) is 0.133. The normalized spacial score (nSPS) is 10.6. The fourth-order valence-electron chi connectivity index (χ4n) is 1.88. The van der Waals surface area contributed by atoms with Crippen molar-refractivity contribution in [1.29, 1.82) is 0 Å². The van der Waals surface area contributed by atoms with E-state index in [-0.39, 0.29) is 12.4 Å². The number of benzene rings is 1. The van der Waals surface area contributed by atoms with Gasteiger partial charge in [0.2, 0.25) is 5.89 Å². The number of nitrogens with zero attached hydrogens (tertiary/aromatic N) is 2. The molecule has 0 bridgehead atoms. The van der Waals surface area contributed by atoms with Crippen LogP contribution in [0.5, 0.6) is 0 Å². The molecule has 2 aromatic heterocycles. The molecule has 6 nitrogen and oxygen atoms in total. The number of hydrogen-bond acceptors (Lipinski definition) is 5. The van der Waals surface area contributed by atoms with Crippen LogP contribution in [0.25, 0.3) is 0 Å². The first-order chi connectivity index (χ1) is 10.7. The molecular weight excluding hydrogens is 306 g/mol. The van der Waals surface area contributed by atoms with E-state index in [1.807, 2.05) is 18.2 Å². The SMILES string of the molecule is O=C(NCc1ccco1)c1nnc(Cc2ccccc2Cl)o1. The van der Waals surface area contributed by atoms with Crippen molar-refractivity contribution in [3.63, 3.8) is 0 Å². The quantitative estimate of drug-likeness (QED) is 0.782. The van der Waals surface area contributed by atoms with Gasteiger partial charge in [-0.15, -0.1) is 10.2 Å². The highest BCUT2D eigenvalue weighted by Crippen LogP contribution is 2.18. The van der Waals surface area contributed by atoms with E-state index in [1.54, 1.807) is 18.2 Å². The summed E-state index contributed by atoms with van der Waals surface area (Å²) in [6.07, 6.45) is 1.91. The lowest BCUT2D eigenvalue weighted by molar-refractivity contribution is 0.0911. The van der Waals surface area contributed by atoms with Crippen LogP contribution in [-0.2, 0) is 13.0 Å². The van der Waals surface area contributed by atoms with E-state index in [1.165, 1.54) is 6.26 Å². The number of furan rings is 1. The van der Waals surface area contributed by atoms with Crippen LogP contribution in [0.3, 0.4) is 0 Å². The minimum Gasteiger partial charge on any atom is -0.467 e. The van der Waals surface area contributed by atoms with Crippen molar-refractivity contribution in [3.05, 3.63) is 70.8 Å². The summed E-state index contributed by atoms with van der Waals surface area (Å²) in [4.78, 5) is 11.9. The van der Waals surface area contributed by atoms with Gasteiger partial charge in [0.15, 0.2) is 0 Å². The Balaban J connectivity index is 1.63. The molecule has 1 aromatic carbocycles. The summed E-state index contributed by atoms with van der Waals surface area (Å²) < 4.78 is 10.5. The molecule has 0 aliphatic rings. The zero-order chi connectivity index (χ0) is 15.4. The zero-order valence-electron chi connectivity index (χ0n) is 11.5. The van der Waals surface area contributed by atoms with Crippen LogP contribution in [0.1, 0.15) is 27.9 Å². The van der Waals surface area contributed by atoms with Gasteiger partial charge < -0.3 is 14.2 Å². The van der Waals surface area contributed by atoms with Crippen molar-refractivity contribution in [1.82, 2.24) is 15.5 Å². The molecule has 3 rings (SSSR count). The Morgan fingerprint density at radius 3 is 2.82 bits per heavy atom. The van der Waals surface area contributed by atoms with Crippen molar-refractivity contribution in [2.75, 3.05) is 0 Å². The highest BCUT2D eigenvalue weighted by atomic mass is 35.5. The lowest BCUT2D eigenvalue weighted by Crippen LogP contribution is -2.22. The van der Waals surface area contributed by atoms with Crippen molar-refractivity contribution in [3.8, 4) is 0 Å². The summed E-state index contributed by atoms with van der Waals surface area (Å²) in [5, 5.41) is 10.8. The minimum atomic E-state index is -0.450. The molecule has 0 unspecified atom stereocenters. The molecule has 1 amide bonds. The Labute approximate surface area is 131 Å². The molecule has 3 aromatic rings. The molecule has 0 spiro atoms. The number of amides is 1. The lowest BCUT2D eigenvalue weighted by atomic mass is 10.1. The van der Waals surface area contributed by atoms with E-state index >= 15 is 0 Å². The van der Waals surface area contributed by atoms with Gasteiger partial charge in [0, 0.05) is 5.02 Å². The standard InChI is InChI=1S/C15H12ClN3O3/c16-12-6-2-1-4-10(12)8-13-18-19-15(22-13)14(20)17-9-11-5-3-7-21-11/h1-7H,8-9H2,(H,17,20). The van der Waals surface area contributed by atoms with Gasteiger partial charge in [-0.2, -0.15) is 0 Å². The van der Waals surface area contributed by atoms with Crippen LogP contribution < -0.4 is 5.32 Å². The first-order valence-electron chi connectivity index (χ1n) is 6.59. The van der Waals surface area contributed by atoms with Gasteiger partial charge in [-0.3, -0.25) is 4.79 Å². The first-order valence-corrected chi connectivity index (χ1v) is 6.96. The lowest BCUT2D eigenvalue weighted by Gasteiger charge is -2.00.